The number of likely N-dealkylation sites (tertiary alicyclic amines) is 1. The summed E-state index contributed by atoms with van der Waals surface area (Å²) in [5.74, 6) is -1.06. The van der Waals surface area contributed by atoms with Crippen molar-refractivity contribution in [2.75, 3.05) is 33.5 Å². The minimum absolute atomic E-state index is 0.0228. The van der Waals surface area contributed by atoms with Gasteiger partial charge in [0.2, 0.25) is 0 Å². The fourth-order valence-corrected chi connectivity index (χ4v) is 3.60. The van der Waals surface area contributed by atoms with Gasteiger partial charge in [-0.15, -0.1) is 0 Å². The number of aliphatic hydroxyl groups excluding tert-OH is 2. The van der Waals surface area contributed by atoms with Gasteiger partial charge >= 0.3 is 0 Å². The van der Waals surface area contributed by atoms with Crippen molar-refractivity contribution in [1.82, 2.24) is 4.90 Å². The van der Waals surface area contributed by atoms with E-state index in [9.17, 15) is 14.7 Å². The van der Waals surface area contributed by atoms with E-state index in [4.69, 9.17) is 14.6 Å². The number of hydrogen-bond acceptors (Lipinski definition) is 6. The molecule has 3 rings (SSSR count). The van der Waals surface area contributed by atoms with Gasteiger partial charge < -0.3 is 24.6 Å². The lowest BCUT2D eigenvalue weighted by Crippen LogP contribution is -2.33. The van der Waals surface area contributed by atoms with E-state index in [0.29, 0.717) is 16.9 Å². The van der Waals surface area contributed by atoms with E-state index in [0.717, 1.165) is 4.47 Å². The van der Waals surface area contributed by atoms with Gasteiger partial charge in [0.25, 0.3) is 11.7 Å². The van der Waals surface area contributed by atoms with E-state index in [1.807, 2.05) is 0 Å². The van der Waals surface area contributed by atoms with Gasteiger partial charge in [0.1, 0.15) is 11.5 Å². The summed E-state index contributed by atoms with van der Waals surface area (Å²) in [5.41, 5.74) is 1.12. The number of ether oxygens (including phenoxy) is 2. The van der Waals surface area contributed by atoms with Gasteiger partial charge in [0, 0.05) is 16.6 Å². The summed E-state index contributed by atoms with van der Waals surface area (Å²) >= 11 is 3.34. The van der Waals surface area contributed by atoms with Gasteiger partial charge in [-0.2, -0.15) is 0 Å². The van der Waals surface area contributed by atoms with Crippen LogP contribution in [0.3, 0.4) is 0 Å². The first-order chi connectivity index (χ1) is 14.5. The van der Waals surface area contributed by atoms with E-state index in [-0.39, 0.29) is 37.7 Å². The van der Waals surface area contributed by atoms with Crippen LogP contribution in [0.5, 0.6) is 5.75 Å². The summed E-state index contributed by atoms with van der Waals surface area (Å²) in [5, 5.41) is 19.8. The molecule has 0 radical (unpaired) electrons. The van der Waals surface area contributed by atoms with Gasteiger partial charge in [0.05, 0.1) is 38.5 Å². The standard InChI is InChI=1S/C22H22BrNO6/c1-29-17-8-4-14(5-9-17)19-18(20(26)15-2-6-16(23)7-3-15)21(27)22(28)24(19)10-12-30-13-11-25/h2-9,19,25-26H,10-13H2,1H3. The van der Waals surface area contributed by atoms with Gasteiger partial charge in [0.15, 0.2) is 0 Å². The maximum absolute atomic E-state index is 12.9. The van der Waals surface area contributed by atoms with Crippen molar-refractivity contribution in [2.45, 2.75) is 6.04 Å². The number of ketones is 1. The number of carbonyl (C=O) groups excluding carboxylic acids is 2. The fraction of sp³-hybridized carbons (Fsp3) is 0.273. The second kappa shape index (κ2) is 9.88. The molecule has 2 aromatic rings. The number of methoxy groups -OCH3 is 1. The number of amides is 1. The van der Waals surface area contributed by atoms with Crippen molar-refractivity contribution < 1.29 is 29.3 Å². The summed E-state index contributed by atoms with van der Waals surface area (Å²) in [6.07, 6.45) is 0. The average Bonchev–Trinajstić information content (AvgIpc) is 3.01. The van der Waals surface area contributed by atoms with Crippen LogP contribution in [0.4, 0.5) is 0 Å². The van der Waals surface area contributed by atoms with Crippen LogP contribution < -0.4 is 4.74 Å². The molecule has 1 fully saturated rings. The first-order valence-corrected chi connectivity index (χ1v) is 10.1. The zero-order valence-corrected chi connectivity index (χ0v) is 18.0. The van der Waals surface area contributed by atoms with Crippen LogP contribution in [-0.2, 0) is 14.3 Å². The Kier molecular flexibility index (Phi) is 7.25. The fourth-order valence-electron chi connectivity index (χ4n) is 3.34. The molecule has 0 saturated carbocycles. The van der Waals surface area contributed by atoms with Crippen LogP contribution in [0, 0.1) is 0 Å². The minimum atomic E-state index is -0.766. The summed E-state index contributed by atoms with van der Waals surface area (Å²) in [7, 11) is 1.55. The maximum atomic E-state index is 12.9. The molecule has 1 saturated heterocycles. The first kappa shape index (κ1) is 22.0. The zero-order valence-electron chi connectivity index (χ0n) is 16.4. The Labute approximate surface area is 182 Å². The number of rotatable bonds is 8. The Hall–Kier alpha value is -2.68. The van der Waals surface area contributed by atoms with Crippen molar-refractivity contribution in [3.8, 4) is 5.75 Å². The Morgan fingerprint density at radius 3 is 2.33 bits per heavy atom. The topological polar surface area (TPSA) is 96.3 Å². The average molecular weight is 476 g/mol. The predicted molar refractivity (Wildman–Crippen MR) is 114 cm³/mol. The van der Waals surface area contributed by atoms with Gasteiger partial charge in [-0.05, 0) is 29.8 Å². The van der Waals surface area contributed by atoms with Crippen LogP contribution in [0.15, 0.2) is 58.6 Å². The van der Waals surface area contributed by atoms with E-state index in [1.165, 1.54) is 4.90 Å². The Morgan fingerprint density at radius 1 is 1.07 bits per heavy atom. The summed E-state index contributed by atoms with van der Waals surface area (Å²) < 4.78 is 11.3. The molecular formula is C22H22BrNO6. The highest BCUT2D eigenvalue weighted by Crippen LogP contribution is 2.39. The molecule has 8 heteroatoms. The van der Waals surface area contributed by atoms with Crippen LogP contribution in [0.25, 0.3) is 5.76 Å². The number of hydrogen-bond donors (Lipinski definition) is 2. The predicted octanol–water partition coefficient (Wildman–Crippen LogP) is 2.89. The molecule has 0 aliphatic carbocycles. The van der Waals surface area contributed by atoms with Gasteiger partial charge in [-0.3, -0.25) is 9.59 Å². The zero-order chi connectivity index (χ0) is 21.7. The first-order valence-electron chi connectivity index (χ1n) is 9.34. The maximum Gasteiger partial charge on any atom is 0.295 e. The molecule has 1 unspecified atom stereocenters. The van der Waals surface area contributed by atoms with Crippen LogP contribution in [0.2, 0.25) is 0 Å². The molecular weight excluding hydrogens is 454 g/mol. The lowest BCUT2D eigenvalue weighted by molar-refractivity contribution is -0.140. The molecule has 2 aromatic carbocycles. The van der Waals surface area contributed by atoms with Gasteiger partial charge in [-0.1, -0.05) is 40.2 Å². The molecule has 1 aliphatic rings. The van der Waals surface area contributed by atoms with Crippen molar-refractivity contribution >= 4 is 33.4 Å². The number of halogens is 1. The molecule has 0 aromatic heterocycles. The van der Waals surface area contributed by atoms with Crippen LogP contribution in [0.1, 0.15) is 17.2 Å². The van der Waals surface area contributed by atoms with E-state index >= 15 is 0 Å². The van der Waals surface area contributed by atoms with E-state index in [1.54, 1.807) is 55.6 Å². The Balaban J connectivity index is 2.05. The summed E-state index contributed by atoms with van der Waals surface area (Å²) in [6, 6.07) is 13.0. The van der Waals surface area contributed by atoms with E-state index in [2.05, 4.69) is 15.9 Å². The third-order valence-electron chi connectivity index (χ3n) is 4.80. The SMILES string of the molecule is COc1ccc(C2C(=C(O)c3ccc(Br)cc3)C(=O)C(=O)N2CCOCCO)cc1. The van der Waals surface area contributed by atoms with Crippen molar-refractivity contribution in [3.63, 3.8) is 0 Å². The smallest absolute Gasteiger partial charge is 0.295 e. The van der Waals surface area contributed by atoms with Crippen molar-refractivity contribution in [3.05, 3.63) is 69.7 Å². The monoisotopic (exact) mass is 475 g/mol. The highest BCUT2D eigenvalue weighted by Gasteiger charge is 2.45. The molecule has 7 nitrogen and oxygen atoms in total. The van der Waals surface area contributed by atoms with Crippen molar-refractivity contribution in [2.24, 2.45) is 0 Å². The highest BCUT2D eigenvalue weighted by molar-refractivity contribution is 9.10. The van der Waals surface area contributed by atoms with E-state index < -0.39 is 17.7 Å². The quantitative estimate of drug-likeness (QED) is 0.263. The third-order valence-corrected chi connectivity index (χ3v) is 5.33. The number of Topliss-reactive ketones (excluding diaryl/α,β-unsaturated/α-hetero) is 1. The Morgan fingerprint density at radius 2 is 1.73 bits per heavy atom. The molecule has 158 valence electrons. The number of benzene rings is 2. The second-order valence-electron chi connectivity index (χ2n) is 6.61. The molecule has 30 heavy (non-hydrogen) atoms. The second-order valence-corrected chi connectivity index (χ2v) is 7.52. The molecule has 2 N–H and O–H groups in total. The lowest BCUT2D eigenvalue weighted by atomic mass is 9.95. The minimum Gasteiger partial charge on any atom is -0.507 e. The van der Waals surface area contributed by atoms with Crippen LogP contribution >= 0.6 is 15.9 Å². The number of nitrogens with zero attached hydrogens (tertiary/aromatic N) is 1. The summed E-state index contributed by atoms with van der Waals surface area (Å²) in [4.78, 5) is 27.0. The Bertz CT molecular complexity index is 939. The molecule has 1 atom stereocenters. The lowest BCUT2D eigenvalue weighted by Gasteiger charge is -2.25. The molecule has 1 heterocycles. The molecule has 0 spiro atoms. The normalized spacial score (nSPS) is 18.1. The van der Waals surface area contributed by atoms with Gasteiger partial charge in [-0.25, -0.2) is 0 Å². The number of carbonyl (C=O) groups is 2. The third kappa shape index (κ3) is 4.56. The van der Waals surface area contributed by atoms with Crippen LogP contribution in [-0.4, -0.2) is 60.3 Å². The van der Waals surface area contributed by atoms with Crippen molar-refractivity contribution in [1.29, 1.82) is 0 Å². The molecule has 1 aliphatic heterocycles. The highest BCUT2D eigenvalue weighted by atomic mass is 79.9. The molecule has 1 amide bonds. The summed E-state index contributed by atoms with van der Waals surface area (Å²) in [6.45, 7) is 0.289. The molecule has 0 bridgehead atoms. The number of aliphatic hydroxyl groups is 2. The largest absolute Gasteiger partial charge is 0.507 e.